The van der Waals surface area contributed by atoms with Crippen LogP contribution in [0, 0.1) is 0 Å². The van der Waals surface area contributed by atoms with E-state index in [4.69, 9.17) is 4.74 Å². The minimum Gasteiger partial charge on any atom is -0.491 e. The lowest BCUT2D eigenvalue weighted by Gasteiger charge is -2.36. The summed E-state index contributed by atoms with van der Waals surface area (Å²) in [6.45, 7) is 6.83. The summed E-state index contributed by atoms with van der Waals surface area (Å²) in [5, 5.41) is 10.3. The predicted octanol–water partition coefficient (Wildman–Crippen LogP) is 2.21. The van der Waals surface area contributed by atoms with Crippen molar-refractivity contribution >= 4 is 5.82 Å². The van der Waals surface area contributed by atoms with Gasteiger partial charge in [-0.2, -0.15) is 0 Å². The van der Waals surface area contributed by atoms with Crippen molar-refractivity contribution in [3.8, 4) is 5.75 Å². The summed E-state index contributed by atoms with van der Waals surface area (Å²) < 4.78 is 5.70. The fourth-order valence-electron chi connectivity index (χ4n) is 3.06. The number of benzene rings is 1. The number of hydrogen-bond acceptors (Lipinski definition) is 5. The third-order valence-electron chi connectivity index (χ3n) is 4.59. The molecule has 5 nitrogen and oxygen atoms in total. The van der Waals surface area contributed by atoms with Crippen LogP contribution in [0.2, 0.25) is 0 Å². The molecule has 134 valence electrons. The standard InChI is InChI=1S/C20H27N3O2/c1-2-17-6-8-19(9-7-17)25-16-18(24)15-22-11-13-23(14-12-22)20-5-3-4-10-21-20/h3-10,18,24H,2,11-16H2,1H3/t18-/m1/s1. The van der Waals surface area contributed by atoms with Gasteiger partial charge in [0.15, 0.2) is 0 Å². The van der Waals surface area contributed by atoms with Crippen LogP contribution in [0.5, 0.6) is 5.75 Å². The number of anilines is 1. The average molecular weight is 341 g/mol. The van der Waals surface area contributed by atoms with Crippen LogP contribution in [-0.2, 0) is 6.42 Å². The molecule has 2 heterocycles. The van der Waals surface area contributed by atoms with E-state index in [0.717, 1.165) is 44.2 Å². The maximum absolute atomic E-state index is 10.3. The highest BCUT2D eigenvalue weighted by Crippen LogP contribution is 2.14. The Morgan fingerprint density at radius 2 is 1.84 bits per heavy atom. The van der Waals surface area contributed by atoms with Gasteiger partial charge in [-0.1, -0.05) is 25.1 Å². The summed E-state index contributed by atoms with van der Waals surface area (Å²) >= 11 is 0. The smallest absolute Gasteiger partial charge is 0.128 e. The van der Waals surface area contributed by atoms with Crippen molar-refractivity contribution in [3.05, 3.63) is 54.2 Å². The SMILES string of the molecule is CCc1ccc(OC[C@H](O)CN2CCN(c3ccccn3)CC2)cc1. The summed E-state index contributed by atoms with van der Waals surface area (Å²) in [7, 11) is 0. The van der Waals surface area contributed by atoms with Crippen molar-refractivity contribution in [2.24, 2.45) is 0 Å². The van der Waals surface area contributed by atoms with Crippen molar-refractivity contribution < 1.29 is 9.84 Å². The second-order valence-corrected chi connectivity index (χ2v) is 6.44. The van der Waals surface area contributed by atoms with Gasteiger partial charge < -0.3 is 14.7 Å². The molecule has 1 aliphatic rings. The minimum atomic E-state index is -0.479. The molecule has 0 spiro atoms. The molecular formula is C20H27N3O2. The van der Waals surface area contributed by atoms with Crippen molar-refractivity contribution in [1.82, 2.24) is 9.88 Å². The number of aliphatic hydroxyl groups is 1. The first-order chi connectivity index (χ1) is 12.2. The molecule has 25 heavy (non-hydrogen) atoms. The maximum Gasteiger partial charge on any atom is 0.128 e. The third kappa shape index (κ3) is 5.18. The molecule has 1 N–H and O–H groups in total. The van der Waals surface area contributed by atoms with Gasteiger partial charge in [0.1, 0.15) is 24.3 Å². The van der Waals surface area contributed by atoms with Crippen LogP contribution in [0.3, 0.4) is 0 Å². The molecule has 1 aromatic heterocycles. The second-order valence-electron chi connectivity index (χ2n) is 6.44. The molecule has 1 saturated heterocycles. The summed E-state index contributed by atoms with van der Waals surface area (Å²) in [5.74, 6) is 1.85. The Balaban J connectivity index is 1.39. The molecule has 0 amide bonds. The van der Waals surface area contributed by atoms with E-state index in [2.05, 4.69) is 33.8 Å². The number of aliphatic hydroxyl groups excluding tert-OH is 1. The highest BCUT2D eigenvalue weighted by Gasteiger charge is 2.20. The lowest BCUT2D eigenvalue weighted by Crippen LogP contribution is -2.49. The Labute approximate surface area is 149 Å². The van der Waals surface area contributed by atoms with Gasteiger partial charge >= 0.3 is 0 Å². The monoisotopic (exact) mass is 341 g/mol. The van der Waals surface area contributed by atoms with E-state index in [1.165, 1.54) is 5.56 Å². The summed E-state index contributed by atoms with van der Waals surface area (Å²) in [4.78, 5) is 8.97. The lowest BCUT2D eigenvalue weighted by atomic mass is 10.2. The number of aryl methyl sites for hydroxylation is 1. The van der Waals surface area contributed by atoms with Crippen molar-refractivity contribution in [1.29, 1.82) is 0 Å². The number of β-amino-alcohol motifs (C(OH)–C–C–N with tert-alkyl or cyclic N) is 1. The van der Waals surface area contributed by atoms with Gasteiger partial charge in [0.05, 0.1) is 0 Å². The van der Waals surface area contributed by atoms with E-state index in [0.29, 0.717) is 13.2 Å². The van der Waals surface area contributed by atoms with Crippen LogP contribution >= 0.6 is 0 Å². The zero-order valence-corrected chi connectivity index (χ0v) is 14.8. The largest absolute Gasteiger partial charge is 0.491 e. The number of hydrogen-bond donors (Lipinski definition) is 1. The van der Waals surface area contributed by atoms with Crippen LogP contribution < -0.4 is 9.64 Å². The fourth-order valence-corrected chi connectivity index (χ4v) is 3.06. The van der Waals surface area contributed by atoms with Crippen molar-refractivity contribution in [2.75, 3.05) is 44.2 Å². The minimum absolute atomic E-state index is 0.325. The molecule has 0 saturated carbocycles. The van der Waals surface area contributed by atoms with Gasteiger partial charge in [0.2, 0.25) is 0 Å². The Kier molecular flexibility index (Phi) is 6.25. The number of aromatic nitrogens is 1. The molecule has 5 heteroatoms. The quantitative estimate of drug-likeness (QED) is 0.837. The Bertz CT molecular complexity index is 625. The first kappa shape index (κ1) is 17.7. The van der Waals surface area contributed by atoms with E-state index in [-0.39, 0.29) is 0 Å². The van der Waals surface area contributed by atoms with Gasteiger partial charge in [-0.15, -0.1) is 0 Å². The Morgan fingerprint density at radius 1 is 1.08 bits per heavy atom. The van der Waals surface area contributed by atoms with Gasteiger partial charge in [0, 0.05) is 38.9 Å². The molecule has 1 atom stereocenters. The Hall–Kier alpha value is -2.11. The van der Waals surface area contributed by atoms with Gasteiger partial charge in [-0.3, -0.25) is 4.90 Å². The van der Waals surface area contributed by atoms with E-state index in [1.807, 2.05) is 36.5 Å². The van der Waals surface area contributed by atoms with Crippen LogP contribution in [0.15, 0.2) is 48.7 Å². The lowest BCUT2D eigenvalue weighted by molar-refractivity contribution is 0.0662. The number of pyridine rings is 1. The molecule has 2 aromatic rings. The van der Waals surface area contributed by atoms with Crippen LogP contribution in [-0.4, -0.2) is 60.4 Å². The summed E-state index contributed by atoms with van der Waals surface area (Å²) in [6, 6.07) is 14.1. The second kappa shape index (κ2) is 8.83. The molecule has 0 aliphatic carbocycles. The van der Waals surface area contributed by atoms with E-state index >= 15 is 0 Å². The van der Waals surface area contributed by atoms with Crippen LogP contribution in [0.1, 0.15) is 12.5 Å². The highest BCUT2D eigenvalue weighted by molar-refractivity contribution is 5.38. The zero-order chi connectivity index (χ0) is 17.5. The predicted molar refractivity (Wildman–Crippen MR) is 100 cm³/mol. The van der Waals surface area contributed by atoms with Crippen LogP contribution in [0.4, 0.5) is 5.82 Å². The average Bonchev–Trinajstić information content (AvgIpc) is 2.68. The fraction of sp³-hybridized carbons (Fsp3) is 0.450. The number of ether oxygens (including phenoxy) is 1. The molecule has 0 radical (unpaired) electrons. The molecule has 1 aliphatic heterocycles. The third-order valence-corrected chi connectivity index (χ3v) is 4.59. The summed E-state index contributed by atoms with van der Waals surface area (Å²) in [5.41, 5.74) is 1.29. The van der Waals surface area contributed by atoms with Crippen LogP contribution in [0.25, 0.3) is 0 Å². The molecule has 0 unspecified atom stereocenters. The number of rotatable bonds is 7. The number of piperazine rings is 1. The van der Waals surface area contributed by atoms with E-state index in [1.54, 1.807) is 0 Å². The molecule has 1 fully saturated rings. The first-order valence-corrected chi connectivity index (χ1v) is 9.02. The van der Waals surface area contributed by atoms with E-state index in [9.17, 15) is 5.11 Å². The van der Waals surface area contributed by atoms with Crippen molar-refractivity contribution in [3.63, 3.8) is 0 Å². The number of nitrogens with zero attached hydrogens (tertiary/aromatic N) is 3. The van der Waals surface area contributed by atoms with Crippen molar-refractivity contribution in [2.45, 2.75) is 19.4 Å². The summed E-state index contributed by atoms with van der Waals surface area (Å²) in [6.07, 6.45) is 2.37. The molecule has 3 rings (SSSR count). The highest BCUT2D eigenvalue weighted by atomic mass is 16.5. The topological polar surface area (TPSA) is 48.8 Å². The van der Waals surface area contributed by atoms with E-state index < -0.39 is 6.10 Å². The maximum atomic E-state index is 10.3. The van der Waals surface area contributed by atoms with Gasteiger partial charge in [-0.05, 0) is 36.2 Å². The zero-order valence-electron chi connectivity index (χ0n) is 14.8. The normalized spacial score (nSPS) is 16.6. The molecule has 1 aromatic carbocycles. The first-order valence-electron chi connectivity index (χ1n) is 9.02. The molecule has 0 bridgehead atoms. The Morgan fingerprint density at radius 3 is 2.48 bits per heavy atom. The van der Waals surface area contributed by atoms with Gasteiger partial charge in [0.25, 0.3) is 0 Å². The molecular weight excluding hydrogens is 314 g/mol. The van der Waals surface area contributed by atoms with Gasteiger partial charge in [-0.25, -0.2) is 4.98 Å².